The second-order valence-electron chi connectivity index (χ2n) is 4.29. The minimum absolute atomic E-state index is 0.265. The largest absolute Gasteiger partial charge is 0.204 e. The van der Waals surface area contributed by atoms with Crippen molar-refractivity contribution in [2.24, 2.45) is 0 Å². The van der Waals surface area contributed by atoms with Gasteiger partial charge in [0, 0.05) is 0 Å². The maximum atomic E-state index is 13.5. The van der Waals surface area contributed by atoms with Crippen LogP contribution in [0.4, 0.5) is 8.78 Å². The zero-order chi connectivity index (χ0) is 10.3. The quantitative estimate of drug-likeness (QED) is 0.671. The van der Waals surface area contributed by atoms with E-state index < -0.39 is 11.6 Å². The molecule has 0 N–H and O–H groups in total. The van der Waals surface area contributed by atoms with Gasteiger partial charge in [0.1, 0.15) is 0 Å². The molecule has 0 nitrogen and oxygen atoms in total. The molecule has 0 unspecified atom stereocenters. The van der Waals surface area contributed by atoms with Crippen LogP contribution in [0.3, 0.4) is 0 Å². The molecule has 2 heteroatoms. The van der Waals surface area contributed by atoms with E-state index in [-0.39, 0.29) is 11.8 Å². The predicted molar refractivity (Wildman–Crippen MR) is 52.4 cm³/mol. The molecule has 0 heterocycles. The highest BCUT2D eigenvalue weighted by molar-refractivity contribution is 5.37. The van der Waals surface area contributed by atoms with Crippen LogP contribution in [0, 0.1) is 11.6 Å². The summed E-state index contributed by atoms with van der Waals surface area (Å²) in [6, 6.07) is 2.95. The molecule has 2 rings (SSSR count). The Morgan fingerprint density at radius 2 is 1.86 bits per heavy atom. The molecule has 0 spiro atoms. The molecule has 1 fully saturated rings. The molecule has 0 saturated heterocycles. The lowest BCUT2D eigenvalue weighted by molar-refractivity contribution is 0.495. The van der Waals surface area contributed by atoms with Crippen molar-refractivity contribution < 1.29 is 8.78 Å². The van der Waals surface area contributed by atoms with Gasteiger partial charge in [-0.3, -0.25) is 0 Å². The van der Waals surface area contributed by atoms with Crippen LogP contribution in [0.5, 0.6) is 0 Å². The van der Waals surface area contributed by atoms with Gasteiger partial charge in [0.25, 0.3) is 0 Å². The molecule has 1 saturated carbocycles. The summed E-state index contributed by atoms with van der Waals surface area (Å²) in [5.41, 5.74) is 1.59. The van der Waals surface area contributed by atoms with E-state index in [2.05, 4.69) is 0 Å². The van der Waals surface area contributed by atoms with Crippen LogP contribution < -0.4 is 0 Å². The first-order valence-electron chi connectivity index (χ1n) is 5.09. The normalized spacial score (nSPS) is 16.4. The lowest BCUT2D eigenvalue weighted by Gasteiger charge is -2.13. The first-order chi connectivity index (χ1) is 6.61. The summed E-state index contributed by atoms with van der Waals surface area (Å²) in [6.07, 6.45) is 2.00. The van der Waals surface area contributed by atoms with Gasteiger partial charge in [-0.25, -0.2) is 8.78 Å². The maximum absolute atomic E-state index is 13.5. The van der Waals surface area contributed by atoms with Gasteiger partial charge >= 0.3 is 0 Å². The van der Waals surface area contributed by atoms with Crippen LogP contribution >= 0.6 is 0 Å². The highest BCUT2D eigenvalue weighted by Gasteiger charge is 2.30. The van der Waals surface area contributed by atoms with Crippen LogP contribution in [0.2, 0.25) is 0 Å². The molecule has 0 aromatic heterocycles. The summed E-state index contributed by atoms with van der Waals surface area (Å²) in [7, 11) is 0. The summed E-state index contributed by atoms with van der Waals surface area (Å²) >= 11 is 0. The van der Waals surface area contributed by atoms with Gasteiger partial charge in [-0.15, -0.1) is 0 Å². The van der Waals surface area contributed by atoms with E-state index in [0.29, 0.717) is 5.56 Å². The first-order valence-corrected chi connectivity index (χ1v) is 5.09. The first kappa shape index (κ1) is 9.63. The van der Waals surface area contributed by atoms with E-state index in [1.54, 1.807) is 6.07 Å². The van der Waals surface area contributed by atoms with Crippen molar-refractivity contribution >= 4 is 0 Å². The number of hydrogen-bond donors (Lipinski definition) is 0. The Morgan fingerprint density at radius 3 is 2.36 bits per heavy atom. The minimum atomic E-state index is -0.712. The fraction of sp³-hybridized carbons (Fsp3) is 0.500. The molecule has 1 aliphatic rings. The molecule has 1 aliphatic carbocycles. The molecule has 76 valence electrons. The van der Waals surface area contributed by atoms with Crippen LogP contribution in [0.1, 0.15) is 49.7 Å². The Hall–Kier alpha value is -0.920. The van der Waals surface area contributed by atoms with Gasteiger partial charge in [0.05, 0.1) is 0 Å². The Morgan fingerprint density at radius 1 is 1.21 bits per heavy atom. The third-order valence-corrected chi connectivity index (χ3v) is 2.77. The summed E-state index contributed by atoms with van der Waals surface area (Å²) in [6.45, 7) is 4.02. The topological polar surface area (TPSA) is 0 Å². The summed E-state index contributed by atoms with van der Waals surface area (Å²) in [4.78, 5) is 0. The van der Waals surface area contributed by atoms with Gasteiger partial charge < -0.3 is 0 Å². The van der Waals surface area contributed by atoms with E-state index in [4.69, 9.17) is 0 Å². The van der Waals surface area contributed by atoms with E-state index in [0.717, 1.165) is 18.4 Å². The van der Waals surface area contributed by atoms with E-state index in [1.807, 2.05) is 13.8 Å². The molecule has 0 atom stereocenters. The zero-order valence-corrected chi connectivity index (χ0v) is 8.48. The van der Waals surface area contributed by atoms with Crippen molar-refractivity contribution in [3.63, 3.8) is 0 Å². The van der Waals surface area contributed by atoms with Crippen molar-refractivity contribution in [1.29, 1.82) is 0 Å². The van der Waals surface area contributed by atoms with Crippen LogP contribution in [0.25, 0.3) is 0 Å². The highest BCUT2D eigenvalue weighted by Crippen LogP contribution is 2.44. The van der Waals surface area contributed by atoms with Crippen molar-refractivity contribution in [1.82, 2.24) is 0 Å². The molecule has 0 aliphatic heterocycles. The molecule has 1 aromatic carbocycles. The molecule has 14 heavy (non-hydrogen) atoms. The fourth-order valence-electron chi connectivity index (χ4n) is 1.87. The lowest BCUT2D eigenvalue weighted by Crippen LogP contribution is -2.01. The second-order valence-corrected chi connectivity index (χ2v) is 4.29. The zero-order valence-electron chi connectivity index (χ0n) is 8.48. The third kappa shape index (κ3) is 1.54. The van der Waals surface area contributed by atoms with Crippen molar-refractivity contribution in [2.75, 3.05) is 0 Å². The van der Waals surface area contributed by atoms with E-state index in [1.165, 1.54) is 6.07 Å². The van der Waals surface area contributed by atoms with E-state index in [9.17, 15) is 8.78 Å². The molecular weight excluding hydrogens is 182 g/mol. The fourth-order valence-corrected chi connectivity index (χ4v) is 1.87. The average Bonchev–Trinajstić information content (AvgIpc) is 2.92. The second kappa shape index (κ2) is 3.34. The SMILES string of the molecule is CC(C)c1ccc(F)c(F)c1C1CC1. The van der Waals surface area contributed by atoms with Gasteiger partial charge in [0.15, 0.2) is 11.6 Å². The smallest absolute Gasteiger partial charge is 0.162 e. The number of hydrogen-bond acceptors (Lipinski definition) is 0. The summed E-state index contributed by atoms with van der Waals surface area (Å²) < 4.78 is 26.6. The Labute approximate surface area is 82.9 Å². The summed E-state index contributed by atoms with van der Waals surface area (Å²) in [5.74, 6) is -0.807. The van der Waals surface area contributed by atoms with Crippen LogP contribution in [-0.4, -0.2) is 0 Å². The monoisotopic (exact) mass is 196 g/mol. The van der Waals surface area contributed by atoms with Crippen molar-refractivity contribution in [2.45, 2.75) is 38.5 Å². The van der Waals surface area contributed by atoms with Gasteiger partial charge in [-0.2, -0.15) is 0 Å². The molecule has 0 radical (unpaired) electrons. The van der Waals surface area contributed by atoms with E-state index >= 15 is 0 Å². The third-order valence-electron chi connectivity index (χ3n) is 2.77. The van der Waals surface area contributed by atoms with Crippen LogP contribution in [-0.2, 0) is 0 Å². The Bertz CT molecular complexity index is 352. The van der Waals surface area contributed by atoms with Gasteiger partial charge in [-0.1, -0.05) is 19.9 Å². The minimum Gasteiger partial charge on any atom is -0.204 e. The molecule has 1 aromatic rings. The molecule has 0 amide bonds. The predicted octanol–water partition coefficient (Wildman–Crippen LogP) is 3.97. The maximum Gasteiger partial charge on any atom is 0.162 e. The standard InChI is InChI=1S/C12H14F2/c1-7(2)9-5-6-10(13)12(14)11(9)8-3-4-8/h5-8H,3-4H2,1-2H3. The average molecular weight is 196 g/mol. The van der Waals surface area contributed by atoms with Gasteiger partial charge in [0.2, 0.25) is 0 Å². The van der Waals surface area contributed by atoms with Crippen molar-refractivity contribution in [3.8, 4) is 0 Å². The summed E-state index contributed by atoms with van der Waals surface area (Å²) in [5, 5.41) is 0. The highest BCUT2D eigenvalue weighted by atomic mass is 19.2. The lowest BCUT2D eigenvalue weighted by atomic mass is 9.94. The van der Waals surface area contributed by atoms with Gasteiger partial charge in [-0.05, 0) is 41.9 Å². The Kier molecular flexibility index (Phi) is 2.30. The number of benzene rings is 1. The molecular formula is C12H14F2. The molecule has 0 bridgehead atoms. The van der Waals surface area contributed by atoms with Crippen LogP contribution in [0.15, 0.2) is 12.1 Å². The number of rotatable bonds is 2. The Balaban J connectivity index is 2.54. The number of halogens is 2. The van der Waals surface area contributed by atoms with Crippen molar-refractivity contribution in [3.05, 3.63) is 34.9 Å².